The summed E-state index contributed by atoms with van der Waals surface area (Å²) >= 11 is 0. The monoisotopic (exact) mass is 465 g/mol. The Morgan fingerprint density at radius 3 is 2.52 bits per heavy atom. The summed E-state index contributed by atoms with van der Waals surface area (Å²) in [7, 11) is -3.66. The van der Waals surface area contributed by atoms with Crippen LogP contribution in [0, 0.1) is 0 Å². The SMILES string of the molecule is CCc1cccc(NC(=O)COC(=O)c2ccc(C3Nc4ccccc4S(=O)(=O)N3)cc2)c1. The Labute approximate surface area is 192 Å². The van der Waals surface area contributed by atoms with E-state index in [2.05, 4.69) is 15.4 Å². The van der Waals surface area contributed by atoms with Crippen LogP contribution in [0.15, 0.2) is 77.7 Å². The molecule has 0 spiro atoms. The molecule has 0 saturated heterocycles. The second kappa shape index (κ2) is 9.43. The highest BCUT2D eigenvalue weighted by atomic mass is 32.2. The number of amides is 1. The molecule has 1 atom stereocenters. The predicted molar refractivity (Wildman–Crippen MR) is 124 cm³/mol. The summed E-state index contributed by atoms with van der Waals surface area (Å²) in [5.41, 5.74) is 3.10. The number of nitrogens with one attached hydrogen (secondary N) is 3. The van der Waals surface area contributed by atoms with E-state index in [0.717, 1.165) is 12.0 Å². The van der Waals surface area contributed by atoms with Crippen molar-refractivity contribution >= 4 is 33.3 Å². The number of carbonyl (C=O) groups excluding carboxylic acids is 2. The molecule has 1 aliphatic heterocycles. The van der Waals surface area contributed by atoms with E-state index in [4.69, 9.17) is 4.74 Å². The molecule has 1 unspecified atom stereocenters. The third-order valence-electron chi connectivity index (χ3n) is 5.18. The maximum Gasteiger partial charge on any atom is 0.338 e. The Kier molecular flexibility index (Phi) is 6.43. The first-order valence-electron chi connectivity index (χ1n) is 10.4. The number of sulfonamides is 1. The van der Waals surface area contributed by atoms with Crippen molar-refractivity contribution in [3.8, 4) is 0 Å². The van der Waals surface area contributed by atoms with Gasteiger partial charge in [0.25, 0.3) is 5.91 Å². The quantitative estimate of drug-likeness (QED) is 0.481. The minimum atomic E-state index is -3.66. The van der Waals surface area contributed by atoms with E-state index in [9.17, 15) is 18.0 Å². The fourth-order valence-electron chi connectivity index (χ4n) is 3.47. The lowest BCUT2D eigenvalue weighted by Gasteiger charge is -2.28. The molecule has 3 aromatic rings. The number of fused-ring (bicyclic) bond motifs is 1. The Morgan fingerprint density at radius 1 is 1.00 bits per heavy atom. The minimum absolute atomic E-state index is 0.182. The van der Waals surface area contributed by atoms with Gasteiger partial charge in [0, 0.05) is 5.69 Å². The van der Waals surface area contributed by atoms with Gasteiger partial charge in [0.2, 0.25) is 10.0 Å². The molecule has 3 aromatic carbocycles. The molecule has 170 valence electrons. The van der Waals surface area contributed by atoms with Gasteiger partial charge in [-0.25, -0.2) is 13.2 Å². The summed E-state index contributed by atoms with van der Waals surface area (Å²) in [6, 6.07) is 20.4. The molecule has 0 aliphatic carbocycles. The van der Waals surface area contributed by atoms with Crippen molar-refractivity contribution in [2.45, 2.75) is 24.4 Å². The van der Waals surface area contributed by atoms with Gasteiger partial charge in [0.05, 0.1) is 11.3 Å². The maximum absolute atomic E-state index is 12.5. The van der Waals surface area contributed by atoms with Crippen molar-refractivity contribution in [3.05, 3.63) is 89.5 Å². The van der Waals surface area contributed by atoms with E-state index in [1.807, 2.05) is 25.1 Å². The topological polar surface area (TPSA) is 114 Å². The van der Waals surface area contributed by atoms with E-state index in [1.54, 1.807) is 36.4 Å². The molecule has 0 saturated carbocycles. The number of benzene rings is 3. The number of aryl methyl sites for hydroxylation is 1. The number of anilines is 2. The first kappa shape index (κ1) is 22.5. The fourth-order valence-corrected chi connectivity index (χ4v) is 4.77. The number of hydrogen-bond acceptors (Lipinski definition) is 6. The van der Waals surface area contributed by atoms with Crippen molar-refractivity contribution in [2.75, 3.05) is 17.2 Å². The average Bonchev–Trinajstić information content (AvgIpc) is 2.82. The zero-order valence-electron chi connectivity index (χ0n) is 17.9. The summed E-state index contributed by atoms with van der Waals surface area (Å²) in [6.07, 6.45) is 0.165. The number of rotatable bonds is 6. The van der Waals surface area contributed by atoms with Gasteiger partial charge in [-0.2, -0.15) is 4.72 Å². The van der Waals surface area contributed by atoms with Gasteiger partial charge in [-0.15, -0.1) is 0 Å². The normalized spacial score (nSPS) is 16.2. The lowest BCUT2D eigenvalue weighted by atomic mass is 10.1. The summed E-state index contributed by atoms with van der Waals surface area (Å²) in [5.74, 6) is -1.09. The second-order valence-corrected chi connectivity index (χ2v) is 9.18. The number of carbonyl (C=O) groups is 2. The van der Waals surface area contributed by atoms with Gasteiger partial charge in [-0.1, -0.05) is 43.3 Å². The lowest BCUT2D eigenvalue weighted by molar-refractivity contribution is -0.119. The van der Waals surface area contributed by atoms with Crippen LogP contribution in [-0.4, -0.2) is 26.9 Å². The molecule has 9 heteroatoms. The molecule has 0 bridgehead atoms. The second-order valence-electron chi connectivity index (χ2n) is 7.50. The molecule has 4 rings (SSSR count). The minimum Gasteiger partial charge on any atom is -0.452 e. The van der Waals surface area contributed by atoms with Crippen LogP contribution in [0.25, 0.3) is 0 Å². The summed E-state index contributed by atoms with van der Waals surface area (Å²) in [5, 5.41) is 5.83. The zero-order valence-corrected chi connectivity index (χ0v) is 18.7. The van der Waals surface area contributed by atoms with Crippen molar-refractivity contribution in [1.29, 1.82) is 0 Å². The molecule has 0 fully saturated rings. The highest BCUT2D eigenvalue weighted by Crippen LogP contribution is 2.30. The van der Waals surface area contributed by atoms with Crippen LogP contribution in [-0.2, 0) is 26.0 Å². The molecular weight excluding hydrogens is 442 g/mol. The molecule has 1 heterocycles. The Morgan fingerprint density at radius 2 is 1.76 bits per heavy atom. The highest BCUT2D eigenvalue weighted by molar-refractivity contribution is 7.89. The van der Waals surface area contributed by atoms with Gasteiger partial charge in [0.1, 0.15) is 11.1 Å². The zero-order chi connectivity index (χ0) is 23.4. The smallest absolute Gasteiger partial charge is 0.338 e. The van der Waals surface area contributed by atoms with E-state index in [0.29, 0.717) is 16.9 Å². The van der Waals surface area contributed by atoms with Gasteiger partial charge >= 0.3 is 5.97 Å². The number of ether oxygens (including phenoxy) is 1. The number of para-hydroxylation sites is 1. The molecule has 3 N–H and O–H groups in total. The average molecular weight is 466 g/mol. The summed E-state index contributed by atoms with van der Waals surface area (Å²) in [6.45, 7) is 1.60. The third-order valence-corrected chi connectivity index (χ3v) is 6.66. The maximum atomic E-state index is 12.5. The van der Waals surface area contributed by atoms with Crippen LogP contribution in [0.5, 0.6) is 0 Å². The number of esters is 1. The van der Waals surface area contributed by atoms with Crippen LogP contribution in [0.2, 0.25) is 0 Å². The van der Waals surface area contributed by atoms with Crippen LogP contribution in [0.1, 0.15) is 34.6 Å². The van der Waals surface area contributed by atoms with Crippen LogP contribution < -0.4 is 15.4 Å². The largest absolute Gasteiger partial charge is 0.452 e. The van der Waals surface area contributed by atoms with Crippen LogP contribution in [0.3, 0.4) is 0 Å². The van der Waals surface area contributed by atoms with E-state index in [1.165, 1.54) is 18.2 Å². The van der Waals surface area contributed by atoms with Gasteiger partial charge in [-0.05, 0) is 53.9 Å². The first-order chi connectivity index (χ1) is 15.9. The fraction of sp³-hybridized carbons (Fsp3) is 0.167. The van der Waals surface area contributed by atoms with Crippen molar-refractivity contribution < 1.29 is 22.7 Å². The van der Waals surface area contributed by atoms with E-state index >= 15 is 0 Å². The van der Waals surface area contributed by atoms with Gasteiger partial charge < -0.3 is 15.4 Å². The molecule has 33 heavy (non-hydrogen) atoms. The Hall–Kier alpha value is -3.69. The summed E-state index contributed by atoms with van der Waals surface area (Å²) < 4.78 is 32.7. The van der Waals surface area contributed by atoms with Crippen molar-refractivity contribution in [2.24, 2.45) is 0 Å². The van der Waals surface area contributed by atoms with Gasteiger partial charge in [-0.3, -0.25) is 4.79 Å². The Bertz CT molecular complexity index is 1290. The van der Waals surface area contributed by atoms with E-state index < -0.39 is 34.7 Å². The molecular formula is C24H23N3O5S. The van der Waals surface area contributed by atoms with Crippen LogP contribution >= 0.6 is 0 Å². The molecule has 1 aliphatic rings. The third kappa shape index (κ3) is 5.21. The molecule has 0 aromatic heterocycles. The molecule has 0 radical (unpaired) electrons. The Balaban J connectivity index is 1.36. The standard InChI is InChI=1S/C24H23N3O5S/c1-2-16-6-5-7-19(14-16)25-22(28)15-32-24(29)18-12-10-17(11-13-18)23-26-20-8-3-4-9-21(20)33(30,31)27-23/h3-14,23,26-27H,2,15H2,1H3,(H,25,28). The summed E-state index contributed by atoms with van der Waals surface area (Å²) in [4.78, 5) is 24.6. The first-order valence-corrected chi connectivity index (χ1v) is 11.9. The van der Waals surface area contributed by atoms with Crippen LogP contribution in [0.4, 0.5) is 11.4 Å². The number of hydrogen-bond donors (Lipinski definition) is 3. The predicted octanol–water partition coefficient (Wildman–Crippen LogP) is 3.45. The molecule has 8 nitrogen and oxygen atoms in total. The van der Waals surface area contributed by atoms with Crippen molar-refractivity contribution in [1.82, 2.24) is 4.72 Å². The lowest BCUT2D eigenvalue weighted by Crippen LogP contribution is -2.38. The highest BCUT2D eigenvalue weighted by Gasteiger charge is 2.29. The molecule has 1 amide bonds. The van der Waals surface area contributed by atoms with Gasteiger partial charge in [0.15, 0.2) is 6.61 Å². The van der Waals surface area contributed by atoms with E-state index in [-0.39, 0.29) is 10.5 Å². The van der Waals surface area contributed by atoms with Crippen molar-refractivity contribution in [3.63, 3.8) is 0 Å².